The van der Waals surface area contributed by atoms with Gasteiger partial charge in [0.05, 0.1) is 25.0 Å². The minimum Gasteiger partial charge on any atom is -0.481 e. The van der Waals surface area contributed by atoms with Gasteiger partial charge >= 0.3 is 49.6 Å². The molecule has 0 saturated heterocycles. The summed E-state index contributed by atoms with van der Waals surface area (Å²) in [5.74, 6) is -9.53. The second kappa shape index (κ2) is 43.0. The second-order valence-corrected chi connectivity index (χ2v) is 18.3. The highest BCUT2D eigenvalue weighted by Gasteiger charge is 2.44. The Bertz CT molecular complexity index is 2120. The molecule has 3 aromatic carbocycles. The molecule has 0 spiro atoms. The number of hydrogen-bond acceptors (Lipinski definition) is 9. The van der Waals surface area contributed by atoms with E-state index in [4.69, 9.17) is 63.6 Å². The number of thioether (sulfide) groups is 1. The molecule has 16 nitrogen and oxygen atoms in total. The number of halogens is 4. The zero-order valence-electron chi connectivity index (χ0n) is 40.2. The fourth-order valence-electron chi connectivity index (χ4n) is 5.32. The number of carboxylic acids is 6. The normalized spacial score (nSPS) is 10.9. The van der Waals surface area contributed by atoms with Gasteiger partial charge in [0.1, 0.15) is 0 Å². The number of benzene rings is 3. The Balaban J connectivity index is -0.000000804. The molecule has 1 unspecified atom stereocenters. The topological polar surface area (TPSA) is 302 Å². The van der Waals surface area contributed by atoms with Crippen molar-refractivity contribution < 1.29 is 92.0 Å². The molecule has 22 heteroatoms. The Morgan fingerprint density at radius 2 is 1.24 bits per heavy atom. The number of carboxylic acid groups (broad SMARTS) is 6. The molecule has 0 radical (unpaired) electrons. The van der Waals surface area contributed by atoms with Gasteiger partial charge in [-0.15, -0.1) is 24.1 Å². The molecule has 0 aliphatic heterocycles. The monoisotopic (exact) mass is 1080 g/mol. The molecule has 0 fully saturated rings. The fraction of sp³-hybridized carbons (Fsp3) is 0.440. The predicted molar refractivity (Wildman–Crippen MR) is 270 cm³/mol. The molecule has 0 aromatic heterocycles. The lowest BCUT2D eigenvalue weighted by Gasteiger charge is -2.11. The fourth-order valence-corrected chi connectivity index (χ4v) is 6.62. The highest BCUT2D eigenvalue weighted by molar-refractivity contribution is 7.98. The van der Waals surface area contributed by atoms with Crippen LogP contribution in [0.5, 0.6) is 0 Å². The van der Waals surface area contributed by atoms with Crippen molar-refractivity contribution in [1.29, 1.82) is 0 Å². The predicted octanol–water partition coefficient (Wildman–Crippen LogP) is 11.2. The third-order valence-corrected chi connectivity index (χ3v) is 10.9. The highest BCUT2D eigenvalue weighted by Crippen LogP contribution is 2.35. The van der Waals surface area contributed by atoms with Crippen LogP contribution in [-0.4, -0.2) is 107 Å². The molecule has 9 N–H and O–H groups in total. The van der Waals surface area contributed by atoms with Gasteiger partial charge in [-0.3, -0.25) is 28.5 Å². The number of aromatic carboxylic acids is 1. The maximum atomic E-state index is 11.4. The van der Waals surface area contributed by atoms with E-state index < -0.39 is 68.0 Å². The minimum absolute atomic E-state index is 0.0283. The van der Waals surface area contributed by atoms with Gasteiger partial charge in [-0.1, -0.05) is 150 Å². The van der Waals surface area contributed by atoms with Crippen molar-refractivity contribution in [2.45, 2.75) is 114 Å². The number of hydrogen-bond donors (Lipinski definition) is 9. The average molecular weight is 1080 g/mol. The average Bonchev–Trinajstić information content (AvgIpc) is 3.29. The van der Waals surface area contributed by atoms with Crippen molar-refractivity contribution in [1.82, 2.24) is 0 Å². The summed E-state index contributed by atoms with van der Waals surface area (Å²) in [6.07, 6.45) is 19.9. The molecule has 0 heterocycles. The van der Waals surface area contributed by atoms with E-state index >= 15 is 0 Å². The Hall–Kier alpha value is -5.68. The first-order valence-electron chi connectivity index (χ1n) is 22.4. The van der Waals surface area contributed by atoms with E-state index in [1.54, 1.807) is 54.6 Å². The van der Waals surface area contributed by atoms with Crippen LogP contribution in [0.3, 0.4) is 0 Å². The summed E-state index contributed by atoms with van der Waals surface area (Å²) in [6, 6.07) is 23.3. The molecule has 0 amide bonds. The van der Waals surface area contributed by atoms with E-state index in [0.717, 1.165) is 28.9 Å². The molecule has 1 atom stereocenters. The number of carbonyl (C=O) groups is 6. The van der Waals surface area contributed by atoms with Crippen molar-refractivity contribution in [3.8, 4) is 12.3 Å². The number of alkyl halides is 3. The summed E-state index contributed by atoms with van der Waals surface area (Å²) in [4.78, 5) is 79.0. The molecule has 3 aromatic rings. The SMILES string of the molecule is C#CCC(C(=O)O)C(=O)O.CCCCCCCCCCCCCCP(=O)(O)O.CSc1cccc(C(=O)O)c1.O=C(O)C(CO)C(F)(F)F.O=C(O)C/C=C/c1ccccc1.O=C(O)Cc1cccc(Cl)c1. The Labute approximate surface area is 427 Å². The van der Waals surface area contributed by atoms with Crippen LogP contribution in [0, 0.1) is 24.2 Å². The molecule has 0 aliphatic rings. The number of aliphatic hydroxyl groups excluding tert-OH is 1. The van der Waals surface area contributed by atoms with Crippen LogP contribution in [0.15, 0.2) is 89.8 Å². The van der Waals surface area contributed by atoms with E-state index in [1.807, 2.05) is 48.6 Å². The van der Waals surface area contributed by atoms with Gasteiger partial charge in [0, 0.05) is 22.5 Å². The first-order chi connectivity index (χ1) is 33.7. The number of terminal acetylenes is 1. The number of rotatable bonds is 25. The number of aliphatic hydroxyl groups is 1. The quantitative estimate of drug-likeness (QED) is 0.0125. The molecule has 72 heavy (non-hydrogen) atoms. The standard InChI is InChI=1S/C14H31O3P.C10H10O2.C8H7ClO2.C8H8O2S.C6H6O4.C4H5F3O3/c1-2-3-4-5-6-7-8-9-10-11-12-13-14-18(15,16)17;11-10(12)8-4-7-9-5-2-1-3-6-9;9-7-3-1-2-6(4-7)5-8(10)11;1-11-7-4-2-3-6(5-7)8(9)10;1-2-3-4(5(7)8)6(9)10;5-4(6,7)2(1-8)3(9)10/h2-14H2,1H3,(H2,15,16,17);1-7H,8H2,(H,11,12);1-4H,5H2,(H,10,11);2-5H,1H3,(H,9,10);1,4H,3H2,(H,7,8)(H,9,10);2,8H,1H2,(H,9,10)/b;7-4+;;;;. The van der Waals surface area contributed by atoms with Gasteiger partial charge in [0.15, 0.2) is 11.8 Å². The van der Waals surface area contributed by atoms with Crippen LogP contribution >= 0.6 is 31.0 Å². The summed E-state index contributed by atoms with van der Waals surface area (Å²) >= 11 is 7.17. The summed E-state index contributed by atoms with van der Waals surface area (Å²) in [6.45, 7) is 0.825. The van der Waals surface area contributed by atoms with Crippen LogP contribution in [0.1, 0.15) is 118 Å². The summed E-state index contributed by atoms with van der Waals surface area (Å²) in [7, 11) is -3.75. The summed E-state index contributed by atoms with van der Waals surface area (Å²) in [5, 5.41) is 58.1. The van der Waals surface area contributed by atoms with Gasteiger partial charge in [-0.2, -0.15) is 13.2 Å². The van der Waals surface area contributed by atoms with E-state index in [1.165, 1.54) is 69.5 Å². The van der Waals surface area contributed by atoms with Gasteiger partial charge in [0.2, 0.25) is 0 Å². The molecule has 3 rings (SSSR count). The molecule has 402 valence electrons. The maximum absolute atomic E-state index is 11.4. The Morgan fingerprint density at radius 1 is 0.722 bits per heavy atom. The highest BCUT2D eigenvalue weighted by atomic mass is 35.5. The largest absolute Gasteiger partial charge is 0.481 e. The van der Waals surface area contributed by atoms with Crippen molar-refractivity contribution >= 4 is 72.9 Å². The zero-order valence-corrected chi connectivity index (χ0v) is 42.6. The van der Waals surface area contributed by atoms with Crippen molar-refractivity contribution in [2.24, 2.45) is 11.8 Å². The van der Waals surface area contributed by atoms with Gasteiger partial charge in [-0.05, 0) is 54.1 Å². The van der Waals surface area contributed by atoms with Crippen molar-refractivity contribution in [3.63, 3.8) is 0 Å². The van der Waals surface area contributed by atoms with Crippen LogP contribution in [0.4, 0.5) is 13.2 Å². The Kier molecular flexibility index (Phi) is 42.1. The van der Waals surface area contributed by atoms with Crippen LogP contribution < -0.4 is 0 Å². The van der Waals surface area contributed by atoms with E-state index in [-0.39, 0.29) is 25.4 Å². The van der Waals surface area contributed by atoms with Gasteiger partial charge < -0.3 is 45.5 Å². The van der Waals surface area contributed by atoms with Crippen LogP contribution in [-0.2, 0) is 35.0 Å². The van der Waals surface area contributed by atoms with Crippen molar-refractivity contribution in [3.05, 3.63) is 107 Å². The maximum Gasteiger partial charge on any atom is 0.404 e. The summed E-state index contributed by atoms with van der Waals surface area (Å²) < 4.78 is 44.9. The van der Waals surface area contributed by atoms with Crippen molar-refractivity contribution in [2.75, 3.05) is 19.0 Å². The van der Waals surface area contributed by atoms with E-state index in [0.29, 0.717) is 17.0 Å². The van der Waals surface area contributed by atoms with E-state index in [2.05, 4.69) is 6.92 Å². The van der Waals surface area contributed by atoms with Gasteiger partial charge in [-0.25, -0.2) is 4.79 Å². The lowest BCUT2D eigenvalue weighted by molar-refractivity contribution is -0.199. The lowest BCUT2D eigenvalue weighted by atomic mass is 10.1. The zero-order chi connectivity index (χ0) is 55.5. The number of unbranched alkanes of at least 4 members (excludes halogenated alkanes) is 11. The molecule has 0 bridgehead atoms. The molecular formula is C50H67ClF3O16PS. The second-order valence-electron chi connectivity index (χ2n) is 15.2. The minimum atomic E-state index is -4.86. The smallest absolute Gasteiger partial charge is 0.404 e. The lowest BCUT2D eigenvalue weighted by Crippen LogP contribution is -2.33. The van der Waals surface area contributed by atoms with E-state index in [9.17, 15) is 46.5 Å². The van der Waals surface area contributed by atoms with Gasteiger partial charge in [0.25, 0.3) is 0 Å². The third kappa shape index (κ3) is 44.3. The molecule has 0 saturated carbocycles. The number of aliphatic carboxylic acids is 5. The summed E-state index contributed by atoms with van der Waals surface area (Å²) in [5.41, 5.74) is 2.10. The van der Waals surface area contributed by atoms with Crippen LogP contribution in [0.2, 0.25) is 5.02 Å². The third-order valence-electron chi connectivity index (χ3n) is 9.06. The Morgan fingerprint density at radius 3 is 1.60 bits per heavy atom. The molecule has 0 aliphatic carbocycles. The first kappa shape index (κ1) is 70.6. The molecular weight excluding hydrogens is 1010 g/mol. The first-order valence-corrected chi connectivity index (χ1v) is 25.8. The van der Waals surface area contributed by atoms with Crippen LogP contribution in [0.25, 0.3) is 6.08 Å².